The number of nitrogens with one attached hydrogen (secondary N) is 1. The minimum absolute atomic E-state index is 0.0525. The first kappa shape index (κ1) is 15.5. The highest BCUT2D eigenvalue weighted by Crippen LogP contribution is 2.16. The third-order valence-corrected chi connectivity index (χ3v) is 2.97. The molecule has 106 valence electrons. The van der Waals surface area contributed by atoms with Gasteiger partial charge < -0.3 is 20.1 Å². The molecule has 0 saturated heterocycles. The van der Waals surface area contributed by atoms with Gasteiger partial charge in [-0.15, -0.1) is 0 Å². The van der Waals surface area contributed by atoms with Crippen LogP contribution in [0, 0.1) is 6.92 Å². The zero-order chi connectivity index (χ0) is 14.3. The standard InChI is InChI=1S/C14H22N2O3/c1-11-10-12(15-2)4-5-13(11)14(18)16(6-8-17)7-9-19-3/h4-5,10,15,17H,6-9H2,1-3H3. The summed E-state index contributed by atoms with van der Waals surface area (Å²) < 4.78 is 4.99. The molecule has 0 aliphatic rings. The lowest BCUT2D eigenvalue weighted by molar-refractivity contribution is 0.0656. The molecule has 0 heterocycles. The van der Waals surface area contributed by atoms with Crippen LogP contribution in [0.1, 0.15) is 15.9 Å². The molecule has 5 heteroatoms. The molecule has 0 aliphatic heterocycles. The Morgan fingerprint density at radius 1 is 1.42 bits per heavy atom. The number of methoxy groups -OCH3 is 1. The van der Waals surface area contributed by atoms with Crippen LogP contribution in [-0.4, -0.2) is 56.4 Å². The molecule has 0 spiro atoms. The van der Waals surface area contributed by atoms with Gasteiger partial charge in [-0.25, -0.2) is 0 Å². The maximum absolute atomic E-state index is 12.4. The van der Waals surface area contributed by atoms with E-state index in [-0.39, 0.29) is 12.5 Å². The van der Waals surface area contributed by atoms with Gasteiger partial charge in [-0.1, -0.05) is 0 Å². The third kappa shape index (κ3) is 4.22. The maximum Gasteiger partial charge on any atom is 0.254 e. The molecule has 0 radical (unpaired) electrons. The number of aliphatic hydroxyl groups is 1. The van der Waals surface area contributed by atoms with Crippen LogP contribution in [0.5, 0.6) is 0 Å². The molecule has 0 unspecified atom stereocenters. The second-order valence-electron chi connectivity index (χ2n) is 4.29. The first-order valence-corrected chi connectivity index (χ1v) is 6.31. The summed E-state index contributed by atoms with van der Waals surface area (Å²) in [4.78, 5) is 14.0. The van der Waals surface area contributed by atoms with Crippen molar-refractivity contribution in [2.75, 3.05) is 45.8 Å². The minimum atomic E-state index is -0.0775. The molecular formula is C14H22N2O3. The highest BCUT2D eigenvalue weighted by Gasteiger charge is 2.17. The van der Waals surface area contributed by atoms with E-state index in [2.05, 4.69) is 5.32 Å². The van der Waals surface area contributed by atoms with Crippen molar-refractivity contribution >= 4 is 11.6 Å². The van der Waals surface area contributed by atoms with Crippen LogP contribution in [0.2, 0.25) is 0 Å². The van der Waals surface area contributed by atoms with Crippen molar-refractivity contribution < 1.29 is 14.6 Å². The molecule has 0 saturated carbocycles. The van der Waals surface area contributed by atoms with E-state index >= 15 is 0 Å². The number of hydrogen-bond donors (Lipinski definition) is 2. The Morgan fingerprint density at radius 3 is 2.68 bits per heavy atom. The average Bonchev–Trinajstić information content (AvgIpc) is 2.42. The van der Waals surface area contributed by atoms with Crippen LogP contribution in [-0.2, 0) is 4.74 Å². The molecule has 1 amide bonds. The third-order valence-electron chi connectivity index (χ3n) is 2.97. The number of benzene rings is 1. The van der Waals surface area contributed by atoms with Crippen molar-refractivity contribution in [3.05, 3.63) is 29.3 Å². The molecule has 2 N–H and O–H groups in total. The van der Waals surface area contributed by atoms with Gasteiger partial charge in [0.15, 0.2) is 0 Å². The van der Waals surface area contributed by atoms with Gasteiger partial charge in [-0.05, 0) is 30.7 Å². The highest BCUT2D eigenvalue weighted by atomic mass is 16.5. The summed E-state index contributed by atoms with van der Waals surface area (Å²) in [5.41, 5.74) is 2.54. The normalized spacial score (nSPS) is 10.3. The van der Waals surface area contributed by atoms with Crippen molar-refractivity contribution in [3.8, 4) is 0 Å². The van der Waals surface area contributed by atoms with Crippen molar-refractivity contribution in [1.82, 2.24) is 4.90 Å². The lowest BCUT2D eigenvalue weighted by Gasteiger charge is -2.22. The smallest absolute Gasteiger partial charge is 0.254 e. The fourth-order valence-corrected chi connectivity index (χ4v) is 1.87. The van der Waals surface area contributed by atoms with Gasteiger partial charge in [0.2, 0.25) is 0 Å². The van der Waals surface area contributed by atoms with E-state index in [4.69, 9.17) is 9.84 Å². The largest absolute Gasteiger partial charge is 0.395 e. The van der Waals surface area contributed by atoms with Crippen LogP contribution in [0.25, 0.3) is 0 Å². The van der Waals surface area contributed by atoms with Crippen LogP contribution in [0.4, 0.5) is 5.69 Å². The zero-order valence-corrected chi connectivity index (χ0v) is 11.8. The second-order valence-corrected chi connectivity index (χ2v) is 4.29. The molecule has 0 aliphatic carbocycles. The topological polar surface area (TPSA) is 61.8 Å². The SMILES string of the molecule is CNc1ccc(C(=O)N(CCO)CCOC)c(C)c1. The van der Waals surface area contributed by atoms with Gasteiger partial charge in [-0.2, -0.15) is 0 Å². The minimum Gasteiger partial charge on any atom is -0.395 e. The summed E-state index contributed by atoms with van der Waals surface area (Å²) in [6, 6.07) is 5.61. The van der Waals surface area contributed by atoms with E-state index in [1.165, 1.54) is 0 Å². The quantitative estimate of drug-likeness (QED) is 0.776. The maximum atomic E-state index is 12.4. The Balaban J connectivity index is 2.89. The molecule has 0 fully saturated rings. The van der Waals surface area contributed by atoms with Gasteiger partial charge in [-0.3, -0.25) is 4.79 Å². The number of amides is 1. The number of carbonyl (C=O) groups excluding carboxylic acids is 1. The summed E-state index contributed by atoms with van der Waals surface area (Å²) >= 11 is 0. The Kier molecular flexibility index (Phi) is 6.32. The number of anilines is 1. The summed E-state index contributed by atoms with van der Waals surface area (Å²) in [7, 11) is 3.43. The average molecular weight is 266 g/mol. The van der Waals surface area contributed by atoms with E-state index in [9.17, 15) is 4.79 Å². The number of nitrogens with zero attached hydrogens (tertiary/aromatic N) is 1. The van der Waals surface area contributed by atoms with Crippen LogP contribution < -0.4 is 5.32 Å². The summed E-state index contributed by atoms with van der Waals surface area (Å²) in [5.74, 6) is -0.0775. The van der Waals surface area contributed by atoms with Crippen LogP contribution in [0.15, 0.2) is 18.2 Å². The molecule has 19 heavy (non-hydrogen) atoms. The monoisotopic (exact) mass is 266 g/mol. The number of hydrogen-bond acceptors (Lipinski definition) is 4. The van der Waals surface area contributed by atoms with Gasteiger partial charge in [0.1, 0.15) is 0 Å². The number of rotatable bonds is 7. The van der Waals surface area contributed by atoms with Crippen molar-refractivity contribution in [3.63, 3.8) is 0 Å². The summed E-state index contributed by atoms with van der Waals surface area (Å²) in [6.07, 6.45) is 0. The van der Waals surface area contributed by atoms with E-state index in [0.717, 1.165) is 11.3 Å². The van der Waals surface area contributed by atoms with Gasteiger partial charge in [0, 0.05) is 38.5 Å². The Bertz CT molecular complexity index is 421. The predicted octanol–water partition coefficient (Wildman–Crippen LogP) is 1.12. The number of ether oxygens (including phenoxy) is 1. The fraction of sp³-hybridized carbons (Fsp3) is 0.500. The Morgan fingerprint density at radius 2 is 2.16 bits per heavy atom. The molecule has 0 aromatic heterocycles. The van der Waals surface area contributed by atoms with E-state index in [1.54, 1.807) is 18.1 Å². The molecule has 0 bridgehead atoms. The number of aryl methyl sites for hydroxylation is 1. The molecule has 0 atom stereocenters. The first-order chi connectivity index (χ1) is 9.13. The molecule has 5 nitrogen and oxygen atoms in total. The Hall–Kier alpha value is -1.59. The predicted molar refractivity (Wildman–Crippen MR) is 75.6 cm³/mol. The van der Waals surface area contributed by atoms with Crippen molar-refractivity contribution in [2.24, 2.45) is 0 Å². The van der Waals surface area contributed by atoms with Crippen molar-refractivity contribution in [2.45, 2.75) is 6.92 Å². The Labute approximate surface area is 114 Å². The van der Waals surface area contributed by atoms with E-state index in [0.29, 0.717) is 25.3 Å². The van der Waals surface area contributed by atoms with E-state index < -0.39 is 0 Å². The molecular weight excluding hydrogens is 244 g/mol. The fourth-order valence-electron chi connectivity index (χ4n) is 1.87. The lowest BCUT2D eigenvalue weighted by Crippen LogP contribution is -2.36. The molecule has 1 aromatic rings. The summed E-state index contributed by atoms with van der Waals surface area (Å²) in [6.45, 7) is 3.10. The van der Waals surface area contributed by atoms with Gasteiger partial charge in [0.25, 0.3) is 5.91 Å². The second kappa shape index (κ2) is 7.76. The number of aliphatic hydroxyl groups excluding tert-OH is 1. The highest BCUT2D eigenvalue weighted by molar-refractivity contribution is 5.96. The van der Waals surface area contributed by atoms with Crippen LogP contribution in [0.3, 0.4) is 0 Å². The molecule has 1 rings (SSSR count). The lowest BCUT2D eigenvalue weighted by atomic mass is 10.1. The van der Waals surface area contributed by atoms with Crippen molar-refractivity contribution in [1.29, 1.82) is 0 Å². The zero-order valence-electron chi connectivity index (χ0n) is 11.8. The number of carbonyl (C=O) groups is 1. The van der Waals surface area contributed by atoms with Crippen LogP contribution >= 0.6 is 0 Å². The van der Waals surface area contributed by atoms with Gasteiger partial charge in [0.05, 0.1) is 13.2 Å². The molecule has 1 aromatic carbocycles. The summed E-state index contributed by atoms with van der Waals surface area (Å²) in [5, 5.41) is 12.1. The van der Waals surface area contributed by atoms with Gasteiger partial charge >= 0.3 is 0 Å². The first-order valence-electron chi connectivity index (χ1n) is 6.31. The van der Waals surface area contributed by atoms with E-state index in [1.807, 2.05) is 26.1 Å².